The largest absolute Gasteiger partial charge is 0.376 e. The first-order valence-electron chi connectivity index (χ1n) is 6.23. The van der Waals surface area contributed by atoms with Crippen LogP contribution in [0.25, 0.3) is 0 Å². The van der Waals surface area contributed by atoms with Crippen molar-refractivity contribution in [3.8, 4) is 0 Å². The normalized spacial score (nSPS) is 29.8. The minimum atomic E-state index is 0.501. The molecule has 0 spiro atoms. The van der Waals surface area contributed by atoms with Crippen LogP contribution in [0.5, 0.6) is 0 Å². The highest BCUT2D eigenvalue weighted by Gasteiger charge is 2.40. The van der Waals surface area contributed by atoms with Crippen molar-refractivity contribution < 1.29 is 4.74 Å². The summed E-state index contributed by atoms with van der Waals surface area (Å²) in [5.41, 5.74) is 0. The predicted octanol–water partition coefficient (Wildman–Crippen LogP) is 2.71. The van der Waals surface area contributed by atoms with Gasteiger partial charge >= 0.3 is 0 Å². The zero-order valence-electron chi connectivity index (χ0n) is 9.74. The second-order valence-corrected chi connectivity index (χ2v) is 6.33. The van der Waals surface area contributed by atoms with Gasteiger partial charge in [0.1, 0.15) is 0 Å². The van der Waals surface area contributed by atoms with Crippen LogP contribution in [0.15, 0.2) is 12.1 Å². The molecule has 0 amide bonds. The fourth-order valence-electron chi connectivity index (χ4n) is 2.53. The van der Waals surface area contributed by atoms with Crippen LogP contribution in [-0.4, -0.2) is 18.8 Å². The summed E-state index contributed by atoms with van der Waals surface area (Å²) in [6, 6.07) is 5.02. The smallest absolute Gasteiger partial charge is 0.0757 e. The molecule has 2 aliphatic rings. The van der Waals surface area contributed by atoms with Crippen molar-refractivity contribution in [2.24, 2.45) is 5.92 Å². The van der Waals surface area contributed by atoms with Crippen LogP contribution in [0.3, 0.4) is 0 Å². The molecule has 1 saturated carbocycles. The number of hydrogen-bond acceptors (Lipinski definition) is 3. The Morgan fingerprint density at radius 2 is 2.25 bits per heavy atom. The van der Waals surface area contributed by atoms with Crippen LogP contribution >= 0.6 is 11.3 Å². The van der Waals surface area contributed by atoms with E-state index in [2.05, 4.69) is 24.4 Å². The number of thiophene rings is 1. The van der Waals surface area contributed by atoms with Crippen molar-refractivity contribution in [2.45, 2.75) is 44.9 Å². The van der Waals surface area contributed by atoms with Gasteiger partial charge < -0.3 is 10.1 Å². The van der Waals surface area contributed by atoms with Crippen LogP contribution in [-0.2, 0) is 11.3 Å². The molecule has 2 atom stereocenters. The summed E-state index contributed by atoms with van der Waals surface area (Å²) in [5.74, 6) is 0.852. The van der Waals surface area contributed by atoms with Gasteiger partial charge in [0.05, 0.1) is 6.10 Å². The van der Waals surface area contributed by atoms with E-state index in [4.69, 9.17) is 4.74 Å². The third kappa shape index (κ3) is 2.31. The Labute approximate surface area is 101 Å². The molecule has 1 aliphatic carbocycles. The van der Waals surface area contributed by atoms with Crippen molar-refractivity contribution >= 4 is 11.3 Å². The SMILES string of the molecule is Cc1ccc(CNC2CCOC2C2CC2)s1. The van der Waals surface area contributed by atoms with Gasteiger partial charge in [0.25, 0.3) is 0 Å². The van der Waals surface area contributed by atoms with Crippen molar-refractivity contribution in [1.82, 2.24) is 5.32 Å². The average molecular weight is 237 g/mol. The Kier molecular flexibility index (Phi) is 3.01. The number of aryl methyl sites for hydroxylation is 1. The minimum absolute atomic E-state index is 0.501. The van der Waals surface area contributed by atoms with Crippen molar-refractivity contribution in [1.29, 1.82) is 0 Å². The monoisotopic (exact) mass is 237 g/mol. The molecule has 1 aromatic heterocycles. The molecule has 2 fully saturated rings. The Morgan fingerprint density at radius 3 is 2.94 bits per heavy atom. The van der Waals surface area contributed by atoms with Gasteiger partial charge in [-0.25, -0.2) is 0 Å². The lowest BCUT2D eigenvalue weighted by atomic mass is 10.1. The molecule has 2 unspecified atom stereocenters. The molecule has 1 N–H and O–H groups in total. The zero-order valence-corrected chi connectivity index (χ0v) is 10.6. The highest BCUT2D eigenvalue weighted by molar-refractivity contribution is 7.11. The molecule has 2 nitrogen and oxygen atoms in total. The summed E-state index contributed by atoms with van der Waals surface area (Å²) in [5, 5.41) is 3.67. The fourth-order valence-corrected chi connectivity index (χ4v) is 3.37. The first kappa shape index (κ1) is 10.8. The predicted molar refractivity (Wildman–Crippen MR) is 66.8 cm³/mol. The van der Waals surface area contributed by atoms with Crippen molar-refractivity contribution in [3.63, 3.8) is 0 Å². The molecular weight excluding hydrogens is 218 g/mol. The van der Waals surface area contributed by atoms with Gasteiger partial charge in [-0.1, -0.05) is 0 Å². The number of ether oxygens (including phenoxy) is 1. The third-order valence-electron chi connectivity index (χ3n) is 3.56. The maximum Gasteiger partial charge on any atom is 0.0757 e. The highest BCUT2D eigenvalue weighted by atomic mass is 32.1. The molecule has 88 valence electrons. The van der Waals surface area contributed by atoms with Gasteiger partial charge in [0.15, 0.2) is 0 Å². The molecule has 1 aromatic rings. The van der Waals surface area contributed by atoms with E-state index in [9.17, 15) is 0 Å². The highest BCUT2D eigenvalue weighted by Crippen LogP contribution is 2.38. The van der Waals surface area contributed by atoms with E-state index in [-0.39, 0.29) is 0 Å². The number of hydrogen-bond donors (Lipinski definition) is 1. The molecule has 3 heteroatoms. The lowest BCUT2D eigenvalue weighted by molar-refractivity contribution is 0.0809. The van der Waals surface area contributed by atoms with Gasteiger partial charge in [-0.15, -0.1) is 11.3 Å². The Bertz CT molecular complexity index is 359. The molecule has 1 saturated heterocycles. The summed E-state index contributed by atoms with van der Waals surface area (Å²) in [4.78, 5) is 2.84. The number of rotatable bonds is 4. The standard InChI is InChI=1S/C13H19NOS/c1-9-2-5-11(16-9)8-14-12-6-7-15-13(12)10-3-4-10/h2,5,10,12-14H,3-4,6-8H2,1H3. The van der Waals surface area contributed by atoms with E-state index >= 15 is 0 Å². The zero-order chi connectivity index (χ0) is 11.0. The quantitative estimate of drug-likeness (QED) is 0.869. The van der Waals surface area contributed by atoms with Crippen LogP contribution < -0.4 is 5.32 Å². The molecule has 0 radical (unpaired) electrons. The van der Waals surface area contributed by atoms with Crippen LogP contribution in [0.4, 0.5) is 0 Å². The van der Waals surface area contributed by atoms with Gasteiger partial charge in [-0.05, 0) is 44.2 Å². The van der Waals surface area contributed by atoms with E-state index in [1.165, 1.54) is 29.0 Å². The molecule has 2 heterocycles. The van der Waals surface area contributed by atoms with E-state index in [1.54, 1.807) is 0 Å². The first-order chi connectivity index (χ1) is 7.83. The minimum Gasteiger partial charge on any atom is -0.376 e. The van der Waals surface area contributed by atoms with E-state index < -0.39 is 0 Å². The lowest BCUT2D eigenvalue weighted by Crippen LogP contribution is -2.36. The third-order valence-corrected chi connectivity index (χ3v) is 4.56. The molecule has 16 heavy (non-hydrogen) atoms. The summed E-state index contributed by atoms with van der Waals surface area (Å²) in [6.07, 6.45) is 4.44. The van der Waals surface area contributed by atoms with E-state index in [0.29, 0.717) is 12.1 Å². The molecular formula is C13H19NOS. The Hall–Kier alpha value is -0.380. The van der Waals surface area contributed by atoms with Crippen LogP contribution in [0.2, 0.25) is 0 Å². The van der Waals surface area contributed by atoms with Crippen molar-refractivity contribution in [3.05, 3.63) is 21.9 Å². The fraction of sp³-hybridized carbons (Fsp3) is 0.692. The van der Waals surface area contributed by atoms with E-state index in [1.807, 2.05) is 11.3 Å². The topological polar surface area (TPSA) is 21.3 Å². The maximum atomic E-state index is 5.82. The van der Waals surface area contributed by atoms with E-state index in [0.717, 1.165) is 19.1 Å². The summed E-state index contributed by atoms with van der Waals surface area (Å²) in [7, 11) is 0. The Morgan fingerprint density at radius 1 is 1.38 bits per heavy atom. The average Bonchev–Trinajstić information content (AvgIpc) is 2.86. The summed E-state index contributed by atoms with van der Waals surface area (Å²) >= 11 is 1.89. The second-order valence-electron chi connectivity index (χ2n) is 4.96. The lowest BCUT2D eigenvalue weighted by Gasteiger charge is -2.18. The molecule has 3 rings (SSSR count). The van der Waals surface area contributed by atoms with Crippen molar-refractivity contribution in [2.75, 3.05) is 6.61 Å². The van der Waals surface area contributed by atoms with Gasteiger partial charge in [0, 0.05) is 28.9 Å². The second kappa shape index (κ2) is 4.47. The Balaban J connectivity index is 1.54. The van der Waals surface area contributed by atoms with Crippen LogP contribution in [0, 0.1) is 12.8 Å². The first-order valence-corrected chi connectivity index (χ1v) is 7.05. The molecule has 1 aliphatic heterocycles. The summed E-state index contributed by atoms with van der Waals surface area (Å²) in [6.45, 7) is 4.12. The number of nitrogens with one attached hydrogen (secondary N) is 1. The molecule has 0 bridgehead atoms. The van der Waals surface area contributed by atoms with Gasteiger partial charge in [-0.3, -0.25) is 0 Å². The van der Waals surface area contributed by atoms with Crippen LogP contribution in [0.1, 0.15) is 29.0 Å². The summed E-state index contributed by atoms with van der Waals surface area (Å²) < 4.78 is 5.82. The molecule has 0 aromatic carbocycles. The van der Waals surface area contributed by atoms with Gasteiger partial charge in [-0.2, -0.15) is 0 Å². The van der Waals surface area contributed by atoms with Gasteiger partial charge in [0.2, 0.25) is 0 Å². The maximum absolute atomic E-state index is 5.82.